The quantitative estimate of drug-likeness (QED) is 0.505. The van der Waals surface area contributed by atoms with Crippen LogP contribution in [0.5, 0.6) is 0 Å². The monoisotopic (exact) mass is 199 g/mol. The smallest absolute Gasteiger partial charge is 0.0920 e. The third kappa shape index (κ3) is 3.27. The highest BCUT2D eigenvalue weighted by Gasteiger charge is 2.25. The van der Waals surface area contributed by atoms with Gasteiger partial charge in [0.05, 0.1) is 12.4 Å². The molecule has 4 heteroatoms. The molecule has 1 rings (SSSR count). The van der Waals surface area contributed by atoms with Crippen molar-refractivity contribution in [2.24, 2.45) is 11.7 Å². The van der Waals surface area contributed by atoms with Gasteiger partial charge >= 0.3 is 0 Å². The van der Waals surface area contributed by atoms with Gasteiger partial charge in [0.1, 0.15) is 0 Å². The van der Waals surface area contributed by atoms with Crippen molar-refractivity contribution in [1.29, 1.82) is 5.41 Å². The summed E-state index contributed by atoms with van der Waals surface area (Å²) in [5, 5.41) is 7.25. The molecule has 2 atom stereocenters. The van der Waals surface area contributed by atoms with E-state index < -0.39 is 0 Å². The van der Waals surface area contributed by atoms with Crippen molar-refractivity contribution in [3.63, 3.8) is 0 Å². The van der Waals surface area contributed by atoms with E-state index in [0.717, 1.165) is 19.7 Å². The Morgan fingerprint density at radius 3 is 3.00 bits per heavy atom. The molecule has 2 unspecified atom stereocenters. The Morgan fingerprint density at radius 2 is 2.43 bits per heavy atom. The molecule has 0 saturated carbocycles. The molecule has 82 valence electrons. The van der Waals surface area contributed by atoms with Crippen molar-refractivity contribution in [3.8, 4) is 0 Å². The van der Waals surface area contributed by atoms with Gasteiger partial charge in [-0.15, -0.1) is 0 Å². The number of amidine groups is 1. The largest absolute Gasteiger partial charge is 0.388 e. The first-order valence-corrected chi connectivity index (χ1v) is 5.19. The normalized spacial score (nSPS) is 25.1. The summed E-state index contributed by atoms with van der Waals surface area (Å²) in [6, 6.07) is 0.398. The molecule has 3 N–H and O–H groups in total. The molecule has 0 amide bonds. The summed E-state index contributed by atoms with van der Waals surface area (Å²) in [4.78, 5) is 2.39. The van der Waals surface area contributed by atoms with Gasteiger partial charge < -0.3 is 10.5 Å². The number of ether oxygens (including phenoxy) is 1. The predicted molar refractivity (Wildman–Crippen MR) is 57.5 cm³/mol. The summed E-state index contributed by atoms with van der Waals surface area (Å²) >= 11 is 0. The van der Waals surface area contributed by atoms with Gasteiger partial charge in [-0.2, -0.15) is 0 Å². The summed E-state index contributed by atoms with van der Waals surface area (Å²) in [6.07, 6.45) is 1.88. The molecule has 1 fully saturated rings. The van der Waals surface area contributed by atoms with E-state index in [-0.39, 0.29) is 5.84 Å². The average molecular weight is 199 g/mol. The molecule has 4 nitrogen and oxygen atoms in total. The maximum absolute atomic E-state index is 7.25. The number of nitrogens with two attached hydrogens (primary N) is 1. The number of nitrogens with zero attached hydrogens (tertiary/aromatic N) is 1. The lowest BCUT2D eigenvalue weighted by atomic mass is 10.1. The number of nitrogens with one attached hydrogen (secondary N) is 1. The standard InChI is InChI=1S/C10H21N3O/c1-8(5-10(11)12)13-4-3-9(6-13)7-14-2/h8-9H,3-7H2,1-2H3,(H3,11,12). The first kappa shape index (κ1) is 11.5. The third-order valence-corrected chi connectivity index (χ3v) is 2.86. The van der Waals surface area contributed by atoms with Gasteiger partial charge in [-0.05, 0) is 25.8 Å². The number of hydrogen-bond acceptors (Lipinski definition) is 3. The molecule has 0 radical (unpaired) electrons. The van der Waals surface area contributed by atoms with Crippen LogP contribution in [-0.2, 0) is 4.74 Å². The second-order valence-corrected chi connectivity index (χ2v) is 4.18. The molecular weight excluding hydrogens is 178 g/mol. The van der Waals surface area contributed by atoms with Crippen LogP contribution in [-0.4, -0.2) is 43.6 Å². The molecule has 1 aliphatic heterocycles. The number of hydrogen-bond donors (Lipinski definition) is 2. The van der Waals surface area contributed by atoms with Crippen LogP contribution in [0.2, 0.25) is 0 Å². The van der Waals surface area contributed by atoms with Crippen molar-refractivity contribution >= 4 is 5.84 Å². The van der Waals surface area contributed by atoms with E-state index in [2.05, 4.69) is 11.8 Å². The van der Waals surface area contributed by atoms with E-state index in [0.29, 0.717) is 18.4 Å². The van der Waals surface area contributed by atoms with Crippen molar-refractivity contribution < 1.29 is 4.74 Å². The van der Waals surface area contributed by atoms with Crippen LogP contribution in [0, 0.1) is 11.3 Å². The lowest BCUT2D eigenvalue weighted by Crippen LogP contribution is -2.34. The van der Waals surface area contributed by atoms with E-state index in [1.54, 1.807) is 7.11 Å². The van der Waals surface area contributed by atoms with E-state index in [4.69, 9.17) is 15.9 Å². The van der Waals surface area contributed by atoms with Gasteiger partial charge in [0, 0.05) is 26.1 Å². The number of rotatable bonds is 5. The average Bonchev–Trinajstić information content (AvgIpc) is 2.52. The molecule has 0 aliphatic carbocycles. The molecule has 1 aliphatic rings. The van der Waals surface area contributed by atoms with Crippen molar-refractivity contribution in [2.45, 2.75) is 25.8 Å². The zero-order chi connectivity index (χ0) is 10.6. The van der Waals surface area contributed by atoms with Crippen LogP contribution >= 0.6 is 0 Å². The van der Waals surface area contributed by atoms with Crippen LogP contribution in [0.15, 0.2) is 0 Å². The van der Waals surface area contributed by atoms with Crippen molar-refractivity contribution in [2.75, 3.05) is 26.8 Å². The van der Waals surface area contributed by atoms with Gasteiger partial charge in [-0.1, -0.05) is 0 Å². The molecule has 0 bridgehead atoms. The van der Waals surface area contributed by atoms with E-state index in [1.807, 2.05) is 0 Å². The lowest BCUT2D eigenvalue weighted by Gasteiger charge is -2.23. The van der Waals surface area contributed by atoms with Gasteiger partial charge in [0.15, 0.2) is 0 Å². The fraction of sp³-hybridized carbons (Fsp3) is 0.900. The number of methoxy groups -OCH3 is 1. The van der Waals surface area contributed by atoms with E-state index in [9.17, 15) is 0 Å². The predicted octanol–water partition coefficient (Wildman–Crippen LogP) is 0.669. The van der Waals surface area contributed by atoms with Crippen LogP contribution in [0.25, 0.3) is 0 Å². The summed E-state index contributed by atoms with van der Waals surface area (Å²) in [6.45, 7) is 5.19. The summed E-state index contributed by atoms with van der Waals surface area (Å²) in [7, 11) is 1.75. The Labute approximate surface area is 85.9 Å². The molecule has 1 saturated heterocycles. The molecule has 0 aromatic rings. The fourth-order valence-electron chi connectivity index (χ4n) is 2.08. The fourth-order valence-corrected chi connectivity index (χ4v) is 2.08. The second kappa shape index (κ2) is 5.32. The zero-order valence-electron chi connectivity index (χ0n) is 9.12. The highest BCUT2D eigenvalue weighted by atomic mass is 16.5. The highest BCUT2D eigenvalue weighted by Crippen LogP contribution is 2.19. The molecule has 0 aromatic heterocycles. The molecular formula is C10H21N3O. The Balaban J connectivity index is 2.30. The Kier molecular flexibility index (Phi) is 4.35. The topological polar surface area (TPSA) is 62.3 Å². The Bertz CT molecular complexity index is 196. The van der Waals surface area contributed by atoms with Crippen LogP contribution in [0.4, 0.5) is 0 Å². The minimum Gasteiger partial charge on any atom is -0.388 e. The SMILES string of the molecule is COCC1CCN(C(C)CC(=N)N)C1. The number of likely N-dealkylation sites (tertiary alicyclic amines) is 1. The third-order valence-electron chi connectivity index (χ3n) is 2.86. The molecule has 1 heterocycles. The maximum atomic E-state index is 7.25. The van der Waals surface area contributed by atoms with Crippen molar-refractivity contribution in [1.82, 2.24) is 4.90 Å². The van der Waals surface area contributed by atoms with Crippen LogP contribution < -0.4 is 5.73 Å². The maximum Gasteiger partial charge on any atom is 0.0920 e. The van der Waals surface area contributed by atoms with Gasteiger partial charge in [-0.3, -0.25) is 10.3 Å². The van der Waals surface area contributed by atoms with Crippen LogP contribution in [0.1, 0.15) is 19.8 Å². The minimum absolute atomic E-state index is 0.285. The van der Waals surface area contributed by atoms with E-state index >= 15 is 0 Å². The molecule has 0 spiro atoms. The van der Waals surface area contributed by atoms with Crippen molar-refractivity contribution in [3.05, 3.63) is 0 Å². The van der Waals surface area contributed by atoms with Gasteiger partial charge in [-0.25, -0.2) is 0 Å². The Morgan fingerprint density at radius 1 is 1.71 bits per heavy atom. The van der Waals surface area contributed by atoms with Crippen LogP contribution in [0.3, 0.4) is 0 Å². The summed E-state index contributed by atoms with van der Waals surface area (Å²) < 4.78 is 5.14. The Hall–Kier alpha value is -0.610. The minimum atomic E-state index is 0.285. The summed E-state index contributed by atoms with van der Waals surface area (Å²) in [5.41, 5.74) is 5.39. The zero-order valence-corrected chi connectivity index (χ0v) is 9.12. The molecule has 14 heavy (non-hydrogen) atoms. The lowest BCUT2D eigenvalue weighted by molar-refractivity contribution is 0.149. The summed E-state index contributed by atoms with van der Waals surface area (Å²) in [5.74, 6) is 0.946. The van der Waals surface area contributed by atoms with Gasteiger partial charge in [0.25, 0.3) is 0 Å². The van der Waals surface area contributed by atoms with E-state index in [1.165, 1.54) is 6.42 Å². The van der Waals surface area contributed by atoms with Gasteiger partial charge in [0.2, 0.25) is 0 Å². The molecule has 0 aromatic carbocycles. The first-order chi connectivity index (χ1) is 6.63. The highest BCUT2D eigenvalue weighted by molar-refractivity contribution is 5.77. The first-order valence-electron chi connectivity index (χ1n) is 5.19. The second-order valence-electron chi connectivity index (χ2n) is 4.18.